The van der Waals surface area contributed by atoms with Crippen molar-refractivity contribution in [3.63, 3.8) is 0 Å². The molecule has 1 atom stereocenters. The summed E-state index contributed by atoms with van der Waals surface area (Å²) in [5.41, 5.74) is 1.24. The monoisotopic (exact) mass is 278 g/mol. The number of amides is 1. The number of carbonyl (C=O) groups excluding carboxylic acids is 1. The predicted octanol–water partition coefficient (Wildman–Crippen LogP) is 2.42. The van der Waals surface area contributed by atoms with E-state index >= 15 is 0 Å². The van der Waals surface area contributed by atoms with Crippen molar-refractivity contribution in [2.75, 3.05) is 6.54 Å². The minimum Gasteiger partial charge on any atom is -0.392 e. The molecule has 0 radical (unpaired) electrons. The molecule has 0 aliphatic heterocycles. The van der Waals surface area contributed by atoms with Crippen LogP contribution in [0.2, 0.25) is 0 Å². The van der Waals surface area contributed by atoms with Crippen LogP contribution in [-0.4, -0.2) is 28.6 Å². The first-order valence-corrected chi connectivity index (χ1v) is 7.18. The summed E-state index contributed by atoms with van der Waals surface area (Å²) in [6, 6.07) is 1.74. The second-order valence-corrected chi connectivity index (χ2v) is 6.25. The molecule has 0 aliphatic rings. The first-order valence-electron chi connectivity index (χ1n) is 7.18. The minimum atomic E-state index is -0.453. The van der Waals surface area contributed by atoms with Crippen molar-refractivity contribution in [3.05, 3.63) is 29.6 Å². The van der Waals surface area contributed by atoms with Crippen LogP contribution < -0.4 is 5.32 Å². The largest absolute Gasteiger partial charge is 0.392 e. The van der Waals surface area contributed by atoms with E-state index in [4.69, 9.17) is 0 Å². The second kappa shape index (κ2) is 6.84. The quantitative estimate of drug-likeness (QED) is 0.840. The van der Waals surface area contributed by atoms with Gasteiger partial charge in [0.25, 0.3) is 5.91 Å². The minimum absolute atomic E-state index is 0.103. The highest BCUT2D eigenvalue weighted by Crippen LogP contribution is 2.25. The molecule has 1 amide bonds. The maximum atomic E-state index is 12.2. The van der Waals surface area contributed by atoms with Gasteiger partial charge in [-0.15, -0.1) is 0 Å². The van der Waals surface area contributed by atoms with Gasteiger partial charge < -0.3 is 10.4 Å². The number of pyridine rings is 1. The van der Waals surface area contributed by atoms with E-state index in [9.17, 15) is 9.90 Å². The molecule has 2 N–H and O–H groups in total. The summed E-state index contributed by atoms with van der Waals surface area (Å²) in [6.45, 7) is 10.3. The number of aliphatic hydroxyl groups is 1. The maximum absolute atomic E-state index is 12.2. The van der Waals surface area contributed by atoms with Crippen LogP contribution in [-0.2, 0) is 6.42 Å². The third kappa shape index (κ3) is 4.04. The van der Waals surface area contributed by atoms with Crippen molar-refractivity contribution >= 4 is 5.91 Å². The average Bonchev–Trinajstić information content (AvgIpc) is 2.43. The Hall–Kier alpha value is -1.42. The van der Waals surface area contributed by atoms with Crippen LogP contribution in [0.4, 0.5) is 0 Å². The summed E-state index contributed by atoms with van der Waals surface area (Å²) in [5, 5.41) is 13.1. The van der Waals surface area contributed by atoms with Gasteiger partial charge >= 0.3 is 0 Å². The Bertz CT molecular complexity index is 456. The van der Waals surface area contributed by atoms with E-state index in [0.717, 1.165) is 12.0 Å². The van der Waals surface area contributed by atoms with Crippen LogP contribution in [0, 0.1) is 11.3 Å². The van der Waals surface area contributed by atoms with Gasteiger partial charge in [-0.3, -0.25) is 9.78 Å². The second-order valence-electron chi connectivity index (χ2n) is 6.25. The topological polar surface area (TPSA) is 62.2 Å². The lowest BCUT2D eigenvalue weighted by atomic mass is 9.80. The fourth-order valence-electron chi connectivity index (χ4n) is 2.34. The Labute approximate surface area is 121 Å². The van der Waals surface area contributed by atoms with E-state index in [1.807, 2.05) is 34.6 Å². The Morgan fingerprint density at radius 1 is 1.45 bits per heavy atom. The first-order chi connectivity index (χ1) is 9.29. The van der Waals surface area contributed by atoms with E-state index in [1.165, 1.54) is 0 Å². The Morgan fingerprint density at radius 2 is 2.10 bits per heavy atom. The molecule has 4 heteroatoms. The molecule has 0 fully saturated rings. The highest BCUT2D eigenvalue weighted by Gasteiger charge is 2.30. The number of aliphatic hydroxyl groups excluding tert-OH is 1. The summed E-state index contributed by atoms with van der Waals surface area (Å²) >= 11 is 0. The summed E-state index contributed by atoms with van der Waals surface area (Å²) in [7, 11) is 0. The Balaban J connectivity index is 2.72. The fraction of sp³-hybridized carbons (Fsp3) is 0.625. The van der Waals surface area contributed by atoms with Crippen LogP contribution in [0.5, 0.6) is 0 Å². The molecule has 1 aromatic rings. The fourth-order valence-corrected chi connectivity index (χ4v) is 2.34. The van der Waals surface area contributed by atoms with Crippen LogP contribution >= 0.6 is 0 Å². The molecule has 0 aliphatic carbocycles. The lowest BCUT2D eigenvalue weighted by Gasteiger charge is -2.33. The Kier molecular flexibility index (Phi) is 5.69. The number of aromatic nitrogens is 1. The van der Waals surface area contributed by atoms with E-state index < -0.39 is 6.10 Å². The summed E-state index contributed by atoms with van der Waals surface area (Å²) in [6.07, 6.45) is 3.67. The molecule has 0 aromatic carbocycles. The molecule has 0 saturated carbocycles. The molecule has 20 heavy (non-hydrogen) atoms. The zero-order chi connectivity index (χ0) is 15.3. The third-order valence-electron chi connectivity index (χ3n) is 3.67. The van der Waals surface area contributed by atoms with Crippen molar-refractivity contribution in [1.29, 1.82) is 0 Å². The van der Waals surface area contributed by atoms with Gasteiger partial charge in [0.2, 0.25) is 0 Å². The van der Waals surface area contributed by atoms with Gasteiger partial charge in [0.05, 0.1) is 6.10 Å². The Morgan fingerprint density at radius 3 is 2.65 bits per heavy atom. The lowest BCUT2D eigenvalue weighted by molar-refractivity contribution is 0.0138. The van der Waals surface area contributed by atoms with Crippen molar-refractivity contribution in [3.8, 4) is 0 Å². The number of rotatable bonds is 6. The summed E-state index contributed by atoms with van der Waals surface area (Å²) in [4.78, 5) is 16.3. The number of nitrogens with zero attached hydrogens (tertiary/aromatic N) is 1. The standard InChI is InChI=1S/C16H26N2O2/c1-6-12-9-17-8-7-13(12)15(20)18-10-16(4,5)14(19)11(2)3/h7-9,11,14,19H,6,10H2,1-5H3,(H,18,20). The highest BCUT2D eigenvalue weighted by atomic mass is 16.3. The molecule has 4 nitrogen and oxygen atoms in total. The smallest absolute Gasteiger partial charge is 0.251 e. The molecular formula is C16H26N2O2. The van der Waals surface area contributed by atoms with Crippen molar-refractivity contribution in [1.82, 2.24) is 10.3 Å². The number of nitrogens with one attached hydrogen (secondary N) is 1. The average molecular weight is 278 g/mol. The zero-order valence-electron chi connectivity index (χ0n) is 13.1. The van der Waals surface area contributed by atoms with E-state index in [-0.39, 0.29) is 17.2 Å². The number of aryl methyl sites for hydroxylation is 1. The number of carbonyl (C=O) groups is 1. The highest BCUT2D eigenvalue weighted by molar-refractivity contribution is 5.95. The van der Waals surface area contributed by atoms with Gasteiger partial charge in [0.1, 0.15) is 0 Å². The van der Waals surface area contributed by atoms with Crippen LogP contribution in [0.3, 0.4) is 0 Å². The normalized spacial score (nSPS) is 13.3. The van der Waals surface area contributed by atoms with Crippen LogP contribution in [0.15, 0.2) is 18.5 Å². The van der Waals surface area contributed by atoms with E-state index in [0.29, 0.717) is 12.1 Å². The van der Waals surface area contributed by atoms with Gasteiger partial charge in [-0.2, -0.15) is 0 Å². The maximum Gasteiger partial charge on any atom is 0.251 e. The number of hydrogen-bond donors (Lipinski definition) is 2. The molecule has 0 spiro atoms. The van der Waals surface area contributed by atoms with Gasteiger partial charge in [-0.05, 0) is 24.0 Å². The van der Waals surface area contributed by atoms with E-state index in [1.54, 1.807) is 18.5 Å². The van der Waals surface area contributed by atoms with Crippen molar-refractivity contribution < 1.29 is 9.90 Å². The molecule has 1 heterocycles. The molecule has 112 valence electrons. The zero-order valence-corrected chi connectivity index (χ0v) is 13.1. The molecule has 1 rings (SSSR count). The van der Waals surface area contributed by atoms with Gasteiger partial charge in [0.15, 0.2) is 0 Å². The SMILES string of the molecule is CCc1cnccc1C(=O)NCC(C)(C)C(O)C(C)C. The van der Waals surface area contributed by atoms with Crippen LogP contribution in [0.1, 0.15) is 50.5 Å². The van der Waals surface area contributed by atoms with Crippen molar-refractivity contribution in [2.24, 2.45) is 11.3 Å². The van der Waals surface area contributed by atoms with Gasteiger partial charge in [0, 0.05) is 29.9 Å². The van der Waals surface area contributed by atoms with Crippen LogP contribution in [0.25, 0.3) is 0 Å². The first kappa shape index (κ1) is 16.6. The predicted molar refractivity (Wildman–Crippen MR) is 80.6 cm³/mol. The molecule has 0 bridgehead atoms. The van der Waals surface area contributed by atoms with Gasteiger partial charge in [-0.25, -0.2) is 0 Å². The summed E-state index contributed by atoms with van der Waals surface area (Å²) in [5.74, 6) is 0.0577. The van der Waals surface area contributed by atoms with Crippen molar-refractivity contribution in [2.45, 2.75) is 47.1 Å². The number of hydrogen-bond acceptors (Lipinski definition) is 3. The lowest BCUT2D eigenvalue weighted by Crippen LogP contribution is -2.43. The van der Waals surface area contributed by atoms with E-state index in [2.05, 4.69) is 10.3 Å². The molecule has 1 aromatic heterocycles. The molecule has 0 saturated heterocycles. The molecular weight excluding hydrogens is 252 g/mol. The third-order valence-corrected chi connectivity index (χ3v) is 3.67. The summed E-state index contributed by atoms with van der Waals surface area (Å²) < 4.78 is 0. The van der Waals surface area contributed by atoms with Gasteiger partial charge in [-0.1, -0.05) is 34.6 Å². The molecule has 1 unspecified atom stereocenters.